The van der Waals surface area contributed by atoms with Gasteiger partial charge in [0, 0.05) is 17.0 Å². The van der Waals surface area contributed by atoms with Crippen LogP contribution in [0.5, 0.6) is 0 Å². The van der Waals surface area contributed by atoms with Crippen molar-refractivity contribution in [2.24, 2.45) is 17.8 Å². The van der Waals surface area contributed by atoms with Crippen molar-refractivity contribution in [1.82, 2.24) is 0 Å². The van der Waals surface area contributed by atoms with E-state index in [-0.39, 0.29) is 5.97 Å². The molecule has 3 nitrogen and oxygen atoms in total. The van der Waals surface area contributed by atoms with Gasteiger partial charge in [0.2, 0.25) is 0 Å². The molecule has 4 heteroatoms. The fourth-order valence-electron chi connectivity index (χ4n) is 4.13. The van der Waals surface area contributed by atoms with Gasteiger partial charge in [0.05, 0.1) is 0 Å². The minimum absolute atomic E-state index is 0.198. The van der Waals surface area contributed by atoms with Gasteiger partial charge in [-0.1, -0.05) is 36.2 Å². The molecule has 0 amide bonds. The quantitative estimate of drug-likeness (QED) is 0.829. The summed E-state index contributed by atoms with van der Waals surface area (Å²) >= 11 is 6.08. The molecular weight excluding hydrogens is 300 g/mol. The first-order valence-corrected chi connectivity index (χ1v) is 8.54. The first kappa shape index (κ1) is 15.8. The number of aliphatic hydroxyl groups excluding tert-OH is 1. The lowest BCUT2D eigenvalue weighted by molar-refractivity contribution is -0.155. The highest BCUT2D eigenvalue weighted by Gasteiger charge is 2.40. The largest absolute Gasteiger partial charge is 0.460 e. The number of halogens is 1. The molecule has 2 aliphatic carbocycles. The number of rotatable bonds is 5. The molecule has 2 fully saturated rings. The van der Waals surface area contributed by atoms with Crippen LogP contribution in [0, 0.1) is 17.8 Å². The van der Waals surface area contributed by atoms with Crippen molar-refractivity contribution < 1.29 is 14.6 Å². The topological polar surface area (TPSA) is 46.5 Å². The van der Waals surface area contributed by atoms with Gasteiger partial charge in [0.1, 0.15) is 12.2 Å². The summed E-state index contributed by atoms with van der Waals surface area (Å²) in [5.41, 5.74) is 0.601. The summed E-state index contributed by atoms with van der Waals surface area (Å²) in [5.74, 6) is 1.82. The van der Waals surface area contributed by atoms with Crippen LogP contribution in [-0.4, -0.2) is 17.2 Å². The molecule has 0 saturated heterocycles. The van der Waals surface area contributed by atoms with Gasteiger partial charge >= 0.3 is 5.97 Å². The monoisotopic (exact) mass is 322 g/mol. The van der Waals surface area contributed by atoms with Gasteiger partial charge < -0.3 is 9.84 Å². The van der Waals surface area contributed by atoms with Gasteiger partial charge in [-0.25, -0.2) is 0 Å². The number of benzene rings is 1. The number of carbonyl (C=O) groups is 1. The zero-order chi connectivity index (χ0) is 15.7. The Balaban J connectivity index is 1.53. The summed E-state index contributed by atoms with van der Waals surface area (Å²) < 4.78 is 5.44. The number of hydrogen-bond acceptors (Lipinski definition) is 3. The molecule has 0 spiro atoms. The van der Waals surface area contributed by atoms with Crippen molar-refractivity contribution >= 4 is 17.6 Å². The minimum Gasteiger partial charge on any atom is -0.460 e. The summed E-state index contributed by atoms with van der Waals surface area (Å²) in [6, 6.07) is 7.11. The molecule has 5 unspecified atom stereocenters. The van der Waals surface area contributed by atoms with Gasteiger partial charge in [-0.3, -0.25) is 4.79 Å². The normalized spacial score (nSPS) is 29.3. The molecule has 2 bridgehead atoms. The van der Waals surface area contributed by atoms with E-state index in [0.717, 1.165) is 5.92 Å². The molecule has 1 aromatic carbocycles. The van der Waals surface area contributed by atoms with E-state index in [1.54, 1.807) is 19.1 Å². The van der Waals surface area contributed by atoms with E-state index in [2.05, 4.69) is 0 Å². The van der Waals surface area contributed by atoms with Crippen LogP contribution in [0.15, 0.2) is 24.3 Å². The number of hydrogen-bond donors (Lipinski definition) is 1. The predicted octanol–water partition coefficient (Wildman–Crippen LogP) is 4.13. The van der Waals surface area contributed by atoms with Gasteiger partial charge in [-0.15, -0.1) is 0 Å². The lowest BCUT2D eigenvalue weighted by Crippen LogP contribution is -2.25. The fourth-order valence-corrected chi connectivity index (χ4v) is 4.38. The van der Waals surface area contributed by atoms with Crippen LogP contribution in [0.25, 0.3) is 0 Å². The Bertz CT molecular complexity index is 545. The van der Waals surface area contributed by atoms with E-state index in [0.29, 0.717) is 28.8 Å². The van der Waals surface area contributed by atoms with Crippen molar-refractivity contribution in [2.75, 3.05) is 0 Å². The Kier molecular flexibility index (Phi) is 4.74. The van der Waals surface area contributed by atoms with Crippen molar-refractivity contribution in [1.29, 1.82) is 0 Å². The summed E-state index contributed by atoms with van der Waals surface area (Å²) in [5, 5.41) is 10.8. The average molecular weight is 323 g/mol. The second-order valence-corrected chi connectivity index (χ2v) is 7.21. The van der Waals surface area contributed by atoms with Gasteiger partial charge in [-0.05, 0) is 50.0 Å². The van der Waals surface area contributed by atoms with Crippen LogP contribution in [0.1, 0.15) is 50.7 Å². The predicted molar refractivity (Wildman–Crippen MR) is 85.5 cm³/mol. The van der Waals surface area contributed by atoms with E-state index in [4.69, 9.17) is 16.3 Å². The highest BCUT2D eigenvalue weighted by atomic mass is 35.5. The molecule has 1 N–H and O–H groups in total. The Labute approximate surface area is 136 Å². The van der Waals surface area contributed by atoms with E-state index >= 15 is 0 Å². The molecule has 2 aliphatic rings. The summed E-state index contributed by atoms with van der Waals surface area (Å²) in [6.07, 6.45) is 4.05. The molecule has 5 atom stereocenters. The maximum Gasteiger partial charge on any atom is 0.306 e. The van der Waals surface area contributed by atoms with Crippen LogP contribution < -0.4 is 0 Å². The van der Waals surface area contributed by atoms with E-state index < -0.39 is 12.2 Å². The number of esters is 1. The highest BCUT2D eigenvalue weighted by molar-refractivity contribution is 6.31. The Morgan fingerprint density at radius 1 is 1.36 bits per heavy atom. The Hall–Kier alpha value is -1.06. The summed E-state index contributed by atoms with van der Waals surface area (Å²) in [7, 11) is 0. The smallest absolute Gasteiger partial charge is 0.306 e. The Morgan fingerprint density at radius 3 is 2.77 bits per heavy atom. The first-order valence-electron chi connectivity index (χ1n) is 8.16. The molecule has 2 saturated carbocycles. The van der Waals surface area contributed by atoms with Crippen LogP contribution in [0.3, 0.4) is 0 Å². The molecule has 0 aromatic heterocycles. The van der Waals surface area contributed by atoms with Gasteiger partial charge in [0.15, 0.2) is 0 Å². The van der Waals surface area contributed by atoms with Gasteiger partial charge in [-0.2, -0.15) is 0 Å². The molecule has 120 valence electrons. The van der Waals surface area contributed by atoms with Crippen molar-refractivity contribution in [3.05, 3.63) is 34.9 Å². The Morgan fingerprint density at radius 2 is 2.14 bits per heavy atom. The highest BCUT2D eigenvalue weighted by Crippen LogP contribution is 2.49. The third kappa shape index (κ3) is 3.31. The molecular formula is C18H23ClO3. The zero-order valence-electron chi connectivity index (χ0n) is 12.9. The van der Waals surface area contributed by atoms with E-state index in [1.165, 1.54) is 25.7 Å². The first-order chi connectivity index (χ1) is 10.5. The third-order valence-corrected chi connectivity index (χ3v) is 5.64. The van der Waals surface area contributed by atoms with Crippen LogP contribution in [-0.2, 0) is 9.53 Å². The standard InChI is InChI=1S/C18H23ClO3/c1-11(18(21)15-4-2-3-5-16(15)19)22-17(20)10-14-9-12-6-7-13(14)8-12/h2-5,11-14,18,21H,6-10H2,1H3. The van der Waals surface area contributed by atoms with Crippen molar-refractivity contribution in [3.63, 3.8) is 0 Å². The zero-order valence-corrected chi connectivity index (χ0v) is 13.6. The average Bonchev–Trinajstić information content (AvgIpc) is 3.09. The molecule has 3 rings (SSSR count). The summed E-state index contributed by atoms with van der Waals surface area (Å²) in [4.78, 5) is 12.1. The fraction of sp³-hybridized carbons (Fsp3) is 0.611. The second kappa shape index (κ2) is 6.59. The third-order valence-electron chi connectivity index (χ3n) is 5.30. The molecule has 1 aromatic rings. The molecule has 0 radical (unpaired) electrons. The van der Waals surface area contributed by atoms with Crippen molar-refractivity contribution in [2.45, 2.75) is 51.2 Å². The lowest BCUT2D eigenvalue weighted by atomic mass is 9.86. The van der Waals surface area contributed by atoms with Crippen LogP contribution >= 0.6 is 11.6 Å². The second-order valence-electron chi connectivity index (χ2n) is 6.80. The number of aliphatic hydroxyl groups is 1. The number of ether oxygens (including phenoxy) is 1. The molecule has 0 heterocycles. The van der Waals surface area contributed by atoms with Crippen LogP contribution in [0.2, 0.25) is 5.02 Å². The van der Waals surface area contributed by atoms with Gasteiger partial charge in [0.25, 0.3) is 0 Å². The minimum atomic E-state index is -0.891. The van der Waals surface area contributed by atoms with E-state index in [1.807, 2.05) is 12.1 Å². The number of fused-ring (bicyclic) bond motifs is 2. The van der Waals surface area contributed by atoms with Crippen LogP contribution in [0.4, 0.5) is 0 Å². The van der Waals surface area contributed by atoms with Crippen molar-refractivity contribution in [3.8, 4) is 0 Å². The maximum absolute atomic E-state index is 12.1. The number of carbonyl (C=O) groups excluding carboxylic acids is 1. The lowest BCUT2D eigenvalue weighted by Gasteiger charge is -2.24. The molecule has 0 aliphatic heterocycles. The van der Waals surface area contributed by atoms with E-state index in [9.17, 15) is 9.90 Å². The maximum atomic E-state index is 12.1. The summed E-state index contributed by atoms with van der Waals surface area (Å²) in [6.45, 7) is 1.71. The molecule has 22 heavy (non-hydrogen) atoms. The SMILES string of the molecule is CC(OC(=O)CC1CC2CCC1C2)C(O)c1ccccc1Cl.